The number of aryl methyl sites for hydroxylation is 2. The molecule has 2 rings (SSSR count). The Balaban J connectivity index is 1.71. The van der Waals surface area contributed by atoms with Gasteiger partial charge in [0.2, 0.25) is 5.91 Å². The number of carbonyl (C=O) groups is 2. The van der Waals surface area contributed by atoms with E-state index in [2.05, 4.69) is 16.0 Å². The van der Waals surface area contributed by atoms with Gasteiger partial charge in [0, 0.05) is 24.8 Å². The first kappa shape index (κ1) is 21.4. The van der Waals surface area contributed by atoms with Crippen LogP contribution >= 0.6 is 0 Å². The molecule has 150 valence electrons. The van der Waals surface area contributed by atoms with E-state index in [-0.39, 0.29) is 25.0 Å². The minimum absolute atomic E-state index is 0.0254. The summed E-state index contributed by atoms with van der Waals surface area (Å²) in [6.45, 7) is 4.25. The van der Waals surface area contributed by atoms with Crippen molar-refractivity contribution in [3.63, 3.8) is 0 Å². The van der Waals surface area contributed by atoms with Gasteiger partial charge in [0.05, 0.1) is 6.54 Å². The van der Waals surface area contributed by atoms with Crippen molar-refractivity contribution in [2.75, 3.05) is 25.0 Å². The number of aliphatic hydroxyl groups is 1. The van der Waals surface area contributed by atoms with Gasteiger partial charge >= 0.3 is 6.03 Å². The average molecular weight is 383 g/mol. The highest BCUT2D eigenvalue weighted by Gasteiger charge is 2.11. The monoisotopic (exact) mass is 383 g/mol. The molecular weight excluding hydrogens is 354 g/mol. The molecular formula is C22H29N3O3. The second-order valence-electron chi connectivity index (χ2n) is 6.90. The zero-order valence-corrected chi connectivity index (χ0v) is 16.5. The summed E-state index contributed by atoms with van der Waals surface area (Å²) < 4.78 is 0. The molecule has 2 aromatic rings. The van der Waals surface area contributed by atoms with Crippen LogP contribution < -0.4 is 16.0 Å². The second kappa shape index (κ2) is 11.1. The maximum atomic E-state index is 12.0. The maximum absolute atomic E-state index is 12.0. The minimum Gasteiger partial charge on any atom is -0.396 e. The van der Waals surface area contributed by atoms with Crippen LogP contribution in [-0.2, 0) is 17.6 Å². The molecule has 0 spiro atoms. The van der Waals surface area contributed by atoms with Crippen molar-refractivity contribution >= 4 is 17.6 Å². The summed E-state index contributed by atoms with van der Waals surface area (Å²) in [5.74, 6) is -0.374. The lowest BCUT2D eigenvalue weighted by atomic mass is 9.99. The van der Waals surface area contributed by atoms with Crippen molar-refractivity contribution in [3.8, 4) is 0 Å². The largest absolute Gasteiger partial charge is 0.396 e. The lowest BCUT2D eigenvalue weighted by molar-refractivity contribution is -0.115. The zero-order chi connectivity index (χ0) is 20.4. The van der Waals surface area contributed by atoms with E-state index in [0.717, 1.165) is 17.5 Å². The van der Waals surface area contributed by atoms with Crippen molar-refractivity contribution in [2.24, 2.45) is 5.92 Å². The van der Waals surface area contributed by atoms with Crippen LogP contribution in [0.3, 0.4) is 0 Å². The third-order valence-electron chi connectivity index (χ3n) is 4.48. The third-order valence-corrected chi connectivity index (χ3v) is 4.48. The molecule has 0 bridgehead atoms. The molecule has 28 heavy (non-hydrogen) atoms. The Hall–Kier alpha value is -2.86. The fourth-order valence-electron chi connectivity index (χ4n) is 2.79. The number of benzene rings is 2. The van der Waals surface area contributed by atoms with E-state index in [1.807, 2.05) is 62.4 Å². The van der Waals surface area contributed by atoms with E-state index >= 15 is 0 Å². The fraction of sp³-hybridized carbons (Fsp3) is 0.364. The van der Waals surface area contributed by atoms with Crippen molar-refractivity contribution in [3.05, 3.63) is 65.2 Å². The van der Waals surface area contributed by atoms with Crippen molar-refractivity contribution in [2.45, 2.75) is 26.7 Å². The van der Waals surface area contributed by atoms with E-state index in [1.54, 1.807) is 0 Å². The summed E-state index contributed by atoms with van der Waals surface area (Å²) in [7, 11) is 0. The van der Waals surface area contributed by atoms with Crippen molar-refractivity contribution < 1.29 is 14.7 Å². The number of urea groups is 1. The highest BCUT2D eigenvalue weighted by Crippen LogP contribution is 2.11. The summed E-state index contributed by atoms with van der Waals surface area (Å²) in [5.41, 5.74) is 4.14. The minimum atomic E-state index is -0.431. The van der Waals surface area contributed by atoms with Gasteiger partial charge in [-0.25, -0.2) is 4.79 Å². The van der Waals surface area contributed by atoms with Crippen LogP contribution in [-0.4, -0.2) is 36.7 Å². The van der Waals surface area contributed by atoms with Gasteiger partial charge in [-0.1, -0.05) is 48.9 Å². The van der Waals surface area contributed by atoms with Gasteiger partial charge in [-0.3, -0.25) is 4.79 Å². The summed E-state index contributed by atoms with van der Waals surface area (Å²) in [5, 5.41) is 17.6. The molecule has 0 saturated heterocycles. The first-order valence-electron chi connectivity index (χ1n) is 9.57. The zero-order valence-electron chi connectivity index (χ0n) is 16.5. The SMILES string of the molecule is CCc1cccc(NC(=O)CNC(=O)NC[C@@H](CO)Cc2ccc(C)cc2)c1. The number of aliphatic hydroxyl groups excluding tert-OH is 1. The lowest BCUT2D eigenvalue weighted by Crippen LogP contribution is -2.42. The number of nitrogens with one attached hydrogen (secondary N) is 3. The van der Waals surface area contributed by atoms with Crippen LogP contribution in [0.1, 0.15) is 23.6 Å². The smallest absolute Gasteiger partial charge is 0.315 e. The Labute approximate surface area is 166 Å². The highest BCUT2D eigenvalue weighted by atomic mass is 16.3. The molecule has 1 atom stereocenters. The third kappa shape index (κ3) is 7.40. The average Bonchev–Trinajstić information content (AvgIpc) is 2.71. The van der Waals surface area contributed by atoms with Crippen LogP contribution in [0.15, 0.2) is 48.5 Å². The Morgan fingerprint density at radius 2 is 1.79 bits per heavy atom. The summed E-state index contributed by atoms with van der Waals surface area (Å²) in [6.07, 6.45) is 1.56. The molecule has 0 heterocycles. The van der Waals surface area contributed by atoms with E-state index in [4.69, 9.17) is 0 Å². The molecule has 0 aliphatic carbocycles. The molecule has 0 radical (unpaired) electrons. The van der Waals surface area contributed by atoms with E-state index in [1.165, 1.54) is 5.56 Å². The van der Waals surface area contributed by atoms with E-state index < -0.39 is 6.03 Å². The van der Waals surface area contributed by atoms with E-state index in [0.29, 0.717) is 18.7 Å². The quantitative estimate of drug-likeness (QED) is 0.537. The first-order valence-corrected chi connectivity index (χ1v) is 9.57. The molecule has 0 aliphatic rings. The number of amides is 3. The molecule has 6 nitrogen and oxygen atoms in total. The highest BCUT2D eigenvalue weighted by molar-refractivity contribution is 5.94. The lowest BCUT2D eigenvalue weighted by Gasteiger charge is -2.16. The molecule has 3 amide bonds. The van der Waals surface area contributed by atoms with Crippen LogP contribution in [0.25, 0.3) is 0 Å². The number of rotatable bonds is 9. The number of anilines is 1. The number of hydrogen-bond acceptors (Lipinski definition) is 3. The van der Waals surface area contributed by atoms with Gasteiger partial charge in [-0.05, 0) is 43.0 Å². The molecule has 0 aliphatic heterocycles. The normalized spacial score (nSPS) is 11.5. The number of carbonyl (C=O) groups excluding carboxylic acids is 2. The fourth-order valence-corrected chi connectivity index (χ4v) is 2.79. The molecule has 0 fully saturated rings. The van der Waals surface area contributed by atoms with Gasteiger partial charge in [0.1, 0.15) is 0 Å². The van der Waals surface area contributed by atoms with Gasteiger partial charge in [0.15, 0.2) is 0 Å². The molecule has 2 aromatic carbocycles. The standard InChI is InChI=1S/C22H29N3O3/c1-3-17-5-4-6-20(12-17)25-21(27)14-24-22(28)23-13-19(15-26)11-18-9-7-16(2)8-10-18/h4-10,12,19,26H,3,11,13-15H2,1-2H3,(H,25,27)(H2,23,24,28)/t19-/m0/s1. The van der Waals surface area contributed by atoms with Gasteiger partial charge in [-0.15, -0.1) is 0 Å². The maximum Gasteiger partial charge on any atom is 0.315 e. The Kier molecular flexibility index (Phi) is 8.49. The molecule has 4 N–H and O–H groups in total. The van der Waals surface area contributed by atoms with Crippen LogP contribution in [0.4, 0.5) is 10.5 Å². The first-order chi connectivity index (χ1) is 13.5. The molecule has 0 saturated carbocycles. The Morgan fingerprint density at radius 3 is 2.46 bits per heavy atom. The Bertz CT molecular complexity index is 775. The second-order valence-corrected chi connectivity index (χ2v) is 6.90. The van der Waals surface area contributed by atoms with Gasteiger partial charge < -0.3 is 21.1 Å². The topological polar surface area (TPSA) is 90.5 Å². The Morgan fingerprint density at radius 1 is 1.04 bits per heavy atom. The van der Waals surface area contributed by atoms with Gasteiger partial charge in [0.25, 0.3) is 0 Å². The predicted octanol–water partition coefficient (Wildman–Crippen LogP) is 2.65. The van der Waals surface area contributed by atoms with Crippen molar-refractivity contribution in [1.82, 2.24) is 10.6 Å². The summed E-state index contributed by atoms with van der Waals surface area (Å²) >= 11 is 0. The van der Waals surface area contributed by atoms with Crippen molar-refractivity contribution in [1.29, 1.82) is 0 Å². The summed E-state index contributed by atoms with van der Waals surface area (Å²) in [4.78, 5) is 23.9. The number of hydrogen-bond donors (Lipinski definition) is 4. The predicted molar refractivity (Wildman–Crippen MR) is 111 cm³/mol. The summed E-state index contributed by atoms with van der Waals surface area (Å²) in [6, 6.07) is 15.3. The van der Waals surface area contributed by atoms with Crippen LogP contribution in [0.5, 0.6) is 0 Å². The van der Waals surface area contributed by atoms with E-state index in [9.17, 15) is 14.7 Å². The molecule has 0 aromatic heterocycles. The van der Waals surface area contributed by atoms with Crippen LogP contribution in [0.2, 0.25) is 0 Å². The molecule has 6 heteroatoms. The van der Waals surface area contributed by atoms with Crippen LogP contribution in [0, 0.1) is 12.8 Å². The molecule has 0 unspecified atom stereocenters. The van der Waals surface area contributed by atoms with Gasteiger partial charge in [-0.2, -0.15) is 0 Å².